The summed E-state index contributed by atoms with van der Waals surface area (Å²) < 4.78 is 1.89. The van der Waals surface area contributed by atoms with Crippen molar-refractivity contribution < 1.29 is 4.79 Å². The smallest absolute Gasteiger partial charge is 0.271 e. The Morgan fingerprint density at radius 1 is 1.38 bits per heavy atom. The van der Waals surface area contributed by atoms with Crippen LogP contribution >= 0.6 is 0 Å². The molecule has 2 aromatic rings. The van der Waals surface area contributed by atoms with Gasteiger partial charge in [-0.05, 0) is 25.3 Å². The van der Waals surface area contributed by atoms with Crippen LogP contribution in [-0.2, 0) is 6.54 Å². The molecule has 0 spiro atoms. The van der Waals surface area contributed by atoms with Crippen LogP contribution in [0.3, 0.4) is 0 Å². The fraction of sp³-hybridized carbons (Fsp3) is 0.412. The van der Waals surface area contributed by atoms with Gasteiger partial charge in [-0.2, -0.15) is 0 Å². The lowest BCUT2D eigenvalue weighted by Gasteiger charge is -2.23. The van der Waals surface area contributed by atoms with E-state index in [1.165, 1.54) is 5.56 Å². The van der Waals surface area contributed by atoms with Gasteiger partial charge in [0.2, 0.25) is 0 Å². The van der Waals surface area contributed by atoms with Crippen molar-refractivity contribution in [1.82, 2.24) is 14.9 Å². The summed E-state index contributed by atoms with van der Waals surface area (Å²) in [4.78, 5) is 16.5. The van der Waals surface area contributed by atoms with Crippen LogP contribution < -0.4 is 5.32 Å². The maximum atomic E-state index is 12.4. The predicted octanol–water partition coefficient (Wildman–Crippen LogP) is 3.34. The number of aromatic nitrogens is 2. The minimum absolute atomic E-state index is 0.0100. The number of hydrogen-bond donors (Lipinski definition) is 1. The Kier molecular flexibility index (Phi) is 4.78. The molecule has 21 heavy (non-hydrogen) atoms. The zero-order valence-electron chi connectivity index (χ0n) is 13.1. The molecule has 1 aromatic carbocycles. The Bertz CT molecular complexity index is 616. The van der Waals surface area contributed by atoms with E-state index >= 15 is 0 Å². The topological polar surface area (TPSA) is 46.9 Å². The summed E-state index contributed by atoms with van der Waals surface area (Å²) in [5.74, 6) is 0.186. The van der Waals surface area contributed by atoms with Crippen LogP contribution in [0.25, 0.3) is 0 Å². The Hall–Kier alpha value is -2.10. The Balaban J connectivity index is 2.18. The number of carbonyl (C=O) groups excluding carboxylic acids is 1. The molecule has 1 atom stereocenters. The van der Waals surface area contributed by atoms with Gasteiger partial charge in [0.05, 0.1) is 12.4 Å². The fourth-order valence-corrected chi connectivity index (χ4v) is 2.36. The van der Waals surface area contributed by atoms with Gasteiger partial charge in [0.15, 0.2) is 0 Å². The summed E-state index contributed by atoms with van der Waals surface area (Å²) in [6, 6.07) is 8.26. The summed E-state index contributed by atoms with van der Waals surface area (Å²) in [5.41, 5.74) is 2.80. The molecule has 112 valence electrons. The number of nitrogens with one attached hydrogen (secondary N) is 1. The van der Waals surface area contributed by atoms with E-state index in [4.69, 9.17) is 0 Å². The number of nitrogens with zero attached hydrogens (tertiary/aromatic N) is 2. The summed E-state index contributed by atoms with van der Waals surface area (Å²) in [7, 11) is 0. The highest BCUT2D eigenvalue weighted by Gasteiger charge is 2.20. The first-order valence-corrected chi connectivity index (χ1v) is 7.40. The van der Waals surface area contributed by atoms with E-state index in [9.17, 15) is 4.79 Å². The molecular formula is C17H23N3O. The summed E-state index contributed by atoms with van der Waals surface area (Å²) >= 11 is 0. The number of hydrogen-bond acceptors (Lipinski definition) is 2. The highest BCUT2D eigenvalue weighted by molar-refractivity contribution is 5.92. The zero-order valence-corrected chi connectivity index (χ0v) is 13.1. The molecule has 0 saturated carbocycles. The Morgan fingerprint density at radius 3 is 2.71 bits per heavy atom. The second kappa shape index (κ2) is 6.57. The van der Waals surface area contributed by atoms with Crippen LogP contribution in [-0.4, -0.2) is 15.5 Å². The van der Waals surface area contributed by atoms with Crippen LogP contribution in [0.5, 0.6) is 0 Å². The monoisotopic (exact) mass is 285 g/mol. The third kappa shape index (κ3) is 3.72. The molecule has 0 bridgehead atoms. The van der Waals surface area contributed by atoms with E-state index < -0.39 is 0 Å². The summed E-state index contributed by atoms with van der Waals surface area (Å²) in [6.07, 6.45) is 3.47. The minimum Gasteiger partial charge on any atom is -0.344 e. The van der Waals surface area contributed by atoms with E-state index in [0.717, 1.165) is 12.1 Å². The van der Waals surface area contributed by atoms with Gasteiger partial charge in [-0.25, -0.2) is 4.98 Å². The molecule has 1 heterocycles. The normalized spacial score (nSPS) is 12.4. The van der Waals surface area contributed by atoms with Crippen LogP contribution in [0.4, 0.5) is 0 Å². The predicted molar refractivity (Wildman–Crippen MR) is 84.1 cm³/mol. The molecule has 1 unspecified atom stereocenters. The molecule has 1 aromatic heterocycles. The van der Waals surface area contributed by atoms with Gasteiger partial charge in [-0.3, -0.25) is 4.79 Å². The van der Waals surface area contributed by atoms with Gasteiger partial charge < -0.3 is 9.88 Å². The van der Waals surface area contributed by atoms with Gasteiger partial charge >= 0.3 is 0 Å². The van der Waals surface area contributed by atoms with Crippen molar-refractivity contribution in [3.05, 3.63) is 53.6 Å². The third-order valence-electron chi connectivity index (χ3n) is 3.59. The van der Waals surface area contributed by atoms with Crippen LogP contribution in [0.1, 0.15) is 48.4 Å². The number of aryl methyl sites for hydroxylation is 2. The fourth-order valence-electron chi connectivity index (χ4n) is 2.36. The number of carbonyl (C=O) groups is 1. The third-order valence-corrected chi connectivity index (χ3v) is 3.59. The molecule has 0 fully saturated rings. The van der Waals surface area contributed by atoms with Gasteiger partial charge in [-0.1, -0.05) is 43.7 Å². The average Bonchev–Trinajstić information content (AvgIpc) is 2.93. The van der Waals surface area contributed by atoms with E-state index in [0.29, 0.717) is 11.6 Å². The van der Waals surface area contributed by atoms with Crippen molar-refractivity contribution in [2.45, 2.75) is 40.3 Å². The van der Waals surface area contributed by atoms with E-state index in [2.05, 4.69) is 49.3 Å². The van der Waals surface area contributed by atoms with Crippen LogP contribution in [0, 0.1) is 12.8 Å². The van der Waals surface area contributed by atoms with Gasteiger partial charge in [-0.15, -0.1) is 0 Å². The van der Waals surface area contributed by atoms with Gasteiger partial charge in [0.1, 0.15) is 5.69 Å². The molecule has 0 aliphatic heterocycles. The van der Waals surface area contributed by atoms with Crippen molar-refractivity contribution in [3.63, 3.8) is 0 Å². The van der Waals surface area contributed by atoms with E-state index in [1.54, 1.807) is 12.5 Å². The Labute approximate surface area is 126 Å². The molecule has 0 saturated heterocycles. The van der Waals surface area contributed by atoms with Crippen molar-refractivity contribution >= 4 is 5.91 Å². The van der Waals surface area contributed by atoms with Crippen molar-refractivity contribution in [2.24, 2.45) is 5.92 Å². The molecule has 2 rings (SSSR count). The first-order valence-electron chi connectivity index (χ1n) is 7.40. The quantitative estimate of drug-likeness (QED) is 0.916. The molecule has 0 aliphatic rings. The highest BCUT2D eigenvalue weighted by Crippen LogP contribution is 2.22. The van der Waals surface area contributed by atoms with Crippen molar-refractivity contribution in [3.8, 4) is 0 Å². The van der Waals surface area contributed by atoms with Crippen molar-refractivity contribution in [1.29, 1.82) is 0 Å². The first kappa shape index (κ1) is 15.3. The van der Waals surface area contributed by atoms with Gasteiger partial charge in [0, 0.05) is 12.7 Å². The first-order chi connectivity index (χ1) is 10.0. The maximum Gasteiger partial charge on any atom is 0.271 e. The standard InChI is InChI=1S/C17H23N3O/c1-5-20-10-15(18-11-20)17(21)19-16(12(2)3)14-8-6-7-13(4)9-14/h6-12,16H,5H2,1-4H3,(H,19,21). The molecule has 4 nitrogen and oxygen atoms in total. The molecule has 0 radical (unpaired) electrons. The number of benzene rings is 1. The van der Waals surface area contributed by atoms with Crippen molar-refractivity contribution in [2.75, 3.05) is 0 Å². The number of amides is 1. The molecule has 4 heteroatoms. The summed E-state index contributed by atoms with van der Waals surface area (Å²) in [6.45, 7) is 9.11. The highest BCUT2D eigenvalue weighted by atomic mass is 16.2. The molecular weight excluding hydrogens is 262 g/mol. The lowest BCUT2D eigenvalue weighted by Crippen LogP contribution is -2.32. The molecule has 1 amide bonds. The lowest BCUT2D eigenvalue weighted by atomic mass is 9.95. The number of rotatable bonds is 5. The van der Waals surface area contributed by atoms with E-state index in [1.807, 2.05) is 17.6 Å². The zero-order chi connectivity index (χ0) is 15.4. The van der Waals surface area contributed by atoms with Crippen LogP contribution in [0.2, 0.25) is 0 Å². The average molecular weight is 285 g/mol. The molecule has 0 aliphatic carbocycles. The lowest BCUT2D eigenvalue weighted by molar-refractivity contribution is 0.0921. The maximum absolute atomic E-state index is 12.4. The van der Waals surface area contributed by atoms with Gasteiger partial charge in [0.25, 0.3) is 5.91 Å². The second-order valence-corrected chi connectivity index (χ2v) is 5.70. The number of imidazole rings is 1. The van der Waals surface area contributed by atoms with E-state index in [-0.39, 0.29) is 11.9 Å². The molecule has 1 N–H and O–H groups in total. The Morgan fingerprint density at radius 2 is 2.14 bits per heavy atom. The minimum atomic E-state index is -0.123. The SMILES string of the molecule is CCn1cnc(C(=O)NC(c2cccc(C)c2)C(C)C)c1. The largest absolute Gasteiger partial charge is 0.344 e. The second-order valence-electron chi connectivity index (χ2n) is 5.70. The summed E-state index contributed by atoms with van der Waals surface area (Å²) in [5, 5.41) is 3.10. The van der Waals surface area contributed by atoms with Crippen LogP contribution in [0.15, 0.2) is 36.8 Å².